The molecule has 0 aliphatic carbocycles. The monoisotopic (exact) mass is 281 g/mol. The van der Waals surface area contributed by atoms with Crippen LogP contribution in [0.15, 0.2) is 12.3 Å². The molecule has 0 aromatic carbocycles. The molecule has 0 radical (unpaired) electrons. The Labute approximate surface area is 117 Å². The van der Waals surface area contributed by atoms with Crippen molar-refractivity contribution in [1.82, 2.24) is 4.98 Å². The summed E-state index contributed by atoms with van der Waals surface area (Å²) in [6.07, 6.45) is 3.31. The maximum absolute atomic E-state index is 10.7. The van der Waals surface area contributed by atoms with E-state index in [9.17, 15) is 10.1 Å². The van der Waals surface area contributed by atoms with Gasteiger partial charge in [0.15, 0.2) is 0 Å². The van der Waals surface area contributed by atoms with Gasteiger partial charge in [0.2, 0.25) is 0 Å². The van der Waals surface area contributed by atoms with Gasteiger partial charge in [-0.2, -0.15) is 0 Å². The molecule has 0 spiro atoms. The summed E-state index contributed by atoms with van der Waals surface area (Å²) in [7, 11) is 0. The lowest BCUT2D eigenvalue weighted by molar-refractivity contribution is -0.385. The predicted molar refractivity (Wildman–Crippen MR) is 73.9 cm³/mol. The fourth-order valence-electron chi connectivity index (χ4n) is 2.47. The SMILES string of the molecule is Cc1cc([N+](=O)[O-])cnc1N1CCCC(OCCO)C1. The van der Waals surface area contributed by atoms with Crippen LogP contribution in [0.4, 0.5) is 11.5 Å². The van der Waals surface area contributed by atoms with Gasteiger partial charge in [-0.15, -0.1) is 0 Å². The minimum Gasteiger partial charge on any atom is -0.394 e. The van der Waals surface area contributed by atoms with Crippen molar-refractivity contribution in [3.63, 3.8) is 0 Å². The number of piperidine rings is 1. The molecule has 7 heteroatoms. The number of pyridine rings is 1. The van der Waals surface area contributed by atoms with Gasteiger partial charge in [0.1, 0.15) is 12.0 Å². The van der Waals surface area contributed by atoms with E-state index in [0.717, 1.165) is 30.8 Å². The van der Waals surface area contributed by atoms with Crippen molar-refractivity contribution in [3.8, 4) is 0 Å². The van der Waals surface area contributed by atoms with Crippen LogP contribution < -0.4 is 4.90 Å². The molecule has 1 aliphatic heterocycles. The molecule has 0 amide bonds. The van der Waals surface area contributed by atoms with E-state index in [0.29, 0.717) is 13.2 Å². The quantitative estimate of drug-likeness (QED) is 0.646. The Morgan fingerprint density at radius 3 is 3.10 bits per heavy atom. The van der Waals surface area contributed by atoms with Crippen LogP contribution in [0, 0.1) is 17.0 Å². The minimum atomic E-state index is -0.437. The van der Waals surface area contributed by atoms with Gasteiger partial charge < -0.3 is 14.7 Å². The van der Waals surface area contributed by atoms with Gasteiger partial charge in [-0.25, -0.2) is 4.98 Å². The zero-order valence-corrected chi connectivity index (χ0v) is 11.5. The Kier molecular flexibility index (Phi) is 4.86. The summed E-state index contributed by atoms with van der Waals surface area (Å²) < 4.78 is 5.56. The molecule has 1 unspecified atom stereocenters. The minimum absolute atomic E-state index is 0.0105. The van der Waals surface area contributed by atoms with Gasteiger partial charge in [0.25, 0.3) is 5.69 Å². The molecule has 1 N–H and O–H groups in total. The zero-order valence-electron chi connectivity index (χ0n) is 11.5. The van der Waals surface area contributed by atoms with E-state index in [1.165, 1.54) is 6.20 Å². The average Bonchev–Trinajstić information content (AvgIpc) is 2.45. The lowest BCUT2D eigenvalue weighted by Gasteiger charge is -2.34. The summed E-state index contributed by atoms with van der Waals surface area (Å²) in [4.78, 5) is 16.6. The van der Waals surface area contributed by atoms with Gasteiger partial charge in [-0.3, -0.25) is 10.1 Å². The van der Waals surface area contributed by atoms with Crippen molar-refractivity contribution in [3.05, 3.63) is 27.9 Å². The second-order valence-electron chi connectivity index (χ2n) is 4.90. The van der Waals surface area contributed by atoms with E-state index in [-0.39, 0.29) is 18.4 Å². The maximum Gasteiger partial charge on any atom is 0.287 e. The molecule has 2 heterocycles. The maximum atomic E-state index is 10.7. The van der Waals surface area contributed by atoms with E-state index in [1.54, 1.807) is 6.07 Å². The largest absolute Gasteiger partial charge is 0.394 e. The Morgan fingerprint density at radius 1 is 1.65 bits per heavy atom. The van der Waals surface area contributed by atoms with Crippen LogP contribution in [0.5, 0.6) is 0 Å². The van der Waals surface area contributed by atoms with Crippen molar-refractivity contribution in [2.75, 3.05) is 31.2 Å². The highest BCUT2D eigenvalue weighted by atomic mass is 16.6. The van der Waals surface area contributed by atoms with Gasteiger partial charge in [-0.1, -0.05) is 0 Å². The van der Waals surface area contributed by atoms with Gasteiger partial charge in [0.05, 0.1) is 24.2 Å². The van der Waals surface area contributed by atoms with Crippen molar-refractivity contribution in [2.45, 2.75) is 25.9 Å². The van der Waals surface area contributed by atoms with Crippen molar-refractivity contribution in [1.29, 1.82) is 0 Å². The number of hydrogen-bond donors (Lipinski definition) is 1. The molecule has 1 aliphatic rings. The number of aliphatic hydroxyl groups is 1. The van der Waals surface area contributed by atoms with E-state index >= 15 is 0 Å². The van der Waals surface area contributed by atoms with Crippen LogP contribution >= 0.6 is 0 Å². The molecule has 7 nitrogen and oxygen atoms in total. The molecule has 20 heavy (non-hydrogen) atoms. The van der Waals surface area contributed by atoms with E-state index in [2.05, 4.69) is 9.88 Å². The van der Waals surface area contributed by atoms with Crippen LogP contribution in [0.1, 0.15) is 18.4 Å². The molecule has 1 aromatic heterocycles. The summed E-state index contributed by atoms with van der Waals surface area (Å²) in [5, 5.41) is 19.5. The Balaban J connectivity index is 2.08. The van der Waals surface area contributed by atoms with Crippen molar-refractivity contribution < 1.29 is 14.8 Å². The smallest absolute Gasteiger partial charge is 0.287 e. The summed E-state index contributed by atoms with van der Waals surface area (Å²) in [6.45, 7) is 3.75. The molecule has 2 rings (SSSR count). The average molecular weight is 281 g/mol. The Hall–Kier alpha value is -1.73. The first-order chi connectivity index (χ1) is 9.61. The highest BCUT2D eigenvalue weighted by molar-refractivity contribution is 5.50. The van der Waals surface area contributed by atoms with Crippen LogP contribution in [0.2, 0.25) is 0 Å². The fraction of sp³-hybridized carbons (Fsp3) is 0.615. The van der Waals surface area contributed by atoms with E-state index < -0.39 is 4.92 Å². The number of aryl methyl sites for hydroxylation is 1. The van der Waals surface area contributed by atoms with Gasteiger partial charge in [0, 0.05) is 19.2 Å². The molecule has 0 bridgehead atoms. The number of ether oxygens (including phenoxy) is 1. The molecule has 0 saturated carbocycles. The highest BCUT2D eigenvalue weighted by Crippen LogP contribution is 2.25. The summed E-state index contributed by atoms with van der Waals surface area (Å²) in [6, 6.07) is 1.54. The number of hydrogen-bond acceptors (Lipinski definition) is 6. The van der Waals surface area contributed by atoms with E-state index in [1.807, 2.05) is 6.92 Å². The number of aliphatic hydroxyl groups excluding tert-OH is 1. The third-order valence-electron chi connectivity index (χ3n) is 3.37. The summed E-state index contributed by atoms with van der Waals surface area (Å²) in [5.74, 6) is 0.771. The molecular formula is C13H19N3O4. The lowest BCUT2D eigenvalue weighted by Crippen LogP contribution is -2.40. The van der Waals surface area contributed by atoms with Gasteiger partial charge in [-0.05, 0) is 25.3 Å². The normalized spacial score (nSPS) is 19.1. The first-order valence-corrected chi connectivity index (χ1v) is 6.70. The molecule has 1 saturated heterocycles. The molecule has 1 atom stereocenters. The predicted octanol–water partition coefficient (Wildman–Crippen LogP) is 1.28. The number of aromatic nitrogens is 1. The standard InChI is InChI=1S/C13H19N3O4/c1-10-7-11(16(18)19)8-14-13(10)15-4-2-3-12(9-15)20-6-5-17/h7-8,12,17H,2-6,9H2,1H3. The fourth-order valence-corrected chi connectivity index (χ4v) is 2.47. The summed E-state index contributed by atoms with van der Waals surface area (Å²) in [5.41, 5.74) is 0.804. The number of nitrogens with zero attached hydrogens (tertiary/aromatic N) is 3. The summed E-state index contributed by atoms with van der Waals surface area (Å²) >= 11 is 0. The van der Waals surface area contributed by atoms with E-state index in [4.69, 9.17) is 9.84 Å². The second kappa shape index (κ2) is 6.62. The highest BCUT2D eigenvalue weighted by Gasteiger charge is 2.23. The topological polar surface area (TPSA) is 88.7 Å². The van der Waals surface area contributed by atoms with Gasteiger partial charge >= 0.3 is 0 Å². The first-order valence-electron chi connectivity index (χ1n) is 6.70. The molecule has 1 fully saturated rings. The van der Waals surface area contributed by atoms with Crippen molar-refractivity contribution >= 4 is 11.5 Å². The van der Waals surface area contributed by atoms with Crippen LogP contribution in [-0.4, -0.2) is 47.4 Å². The first kappa shape index (κ1) is 14.7. The molecular weight excluding hydrogens is 262 g/mol. The van der Waals surface area contributed by atoms with Crippen LogP contribution in [0.25, 0.3) is 0 Å². The van der Waals surface area contributed by atoms with Crippen LogP contribution in [0.3, 0.4) is 0 Å². The lowest BCUT2D eigenvalue weighted by atomic mass is 10.1. The number of anilines is 1. The van der Waals surface area contributed by atoms with Crippen LogP contribution in [-0.2, 0) is 4.74 Å². The second-order valence-corrected chi connectivity index (χ2v) is 4.90. The molecule has 110 valence electrons. The zero-order chi connectivity index (χ0) is 14.5. The Morgan fingerprint density at radius 2 is 2.45 bits per heavy atom. The number of rotatable bonds is 5. The molecule has 1 aromatic rings. The Bertz CT molecular complexity index is 481. The third kappa shape index (κ3) is 3.43. The van der Waals surface area contributed by atoms with Crippen molar-refractivity contribution in [2.24, 2.45) is 0 Å². The number of nitro groups is 1. The third-order valence-corrected chi connectivity index (χ3v) is 3.37.